The molecule has 39 heavy (non-hydrogen) atoms. The van der Waals surface area contributed by atoms with E-state index in [2.05, 4.69) is 58.3 Å². The van der Waals surface area contributed by atoms with Gasteiger partial charge in [-0.05, 0) is 47.5 Å². The van der Waals surface area contributed by atoms with E-state index in [0.29, 0.717) is 11.4 Å². The van der Waals surface area contributed by atoms with Crippen LogP contribution in [0.25, 0.3) is 0 Å². The van der Waals surface area contributed by atoms with Gasteiger partial charge in [0, 0.05) is 26.2 Å². The quantitative estimate of drug-likeness (QED) is 0.302. The highest BCUT2D eigenvalue weighted by Gasteiger charge is 2.43. The average molecular weight is 518 g/mol. The number of hydrogen-bond acceptors (Lipinski definition) is 5. The van der Waals surface area contributed by atoms with Gasteiger partial charge in [0.25, 0.3) is 5.91 Å². The average Bonchev–Trinajstić information content (AvgIpc) is 3.29. The van der Waals surface area contributed by atoms with Crippen molar-refractivity contribution >= 4 is 17.5 Å². The highest BCUT2D eigenvalue weighted by Crippen LogP contribution is 2.32. The lowest BCUT2D eigenvalue weighted by Crippen LogP contribution is -2.53. The van der Waals surface area contributed by atoms with Crippen LogP contribution < -0.4 is 9.64 Å². The Morgan fingerprint density at radius 2 is 1.13 bits per heavy atom. The number of carbonyl (C=O) groups excluding carboxylic acids is 2. The Bertz CT molecular complexity index is 1360. The first-order chi connectivity index (χ1) is 19.2. The molecule has 6 nitrogen and oxygen atoms in total. The van der Waals surface area contributed by atoms with E-state index in [1.807, 2.05) is 42.5 Å². The third-order valence-electron chi connectivity index (χ3n) is 7.58. The zero-order valence-electron chi connectivity index (χ0n) is 21.7. The van der Waals surface area contributed by atoms with E-state index in [4.69, 9.17) is 4.74 Å². The minimum atomic E-state index is -0.424. The van der Waals surface area contributed by atoms with Crippen molar-refractivity contribution < 1.29 is 14.3 Å². The molecule has 0 spiro atoms. The number of nitrogens with zero attached hydrogens (tertiary/aromatic N) is 3. The summed E-state index contributed by atoms with van der Waals surface area (Å²) in [6.07, 6.45) is 0.210. The number of rotatable bonds is 7. The third-order valence-corrected chi connectivity index (χ3v) is 7.58. The summed E-state index contributed by atoms with van der Waals surface area (Å²) in [5.74, 6) is 1.09. The van der Waals surface area contributed by atoms with Crippen LogP contribution in [0.3, 0.4) is 0 Å². The molecule has 0 bridgehead atoms. The van der Waals surface area contributed by atoms with Gasteiger partial charge in [0.1, 0.15) is 11.5 Å². The van der Waals surface area contributed by atoms with Crippen LogP contribution in [0.1, 0.15) is 23.6 Å². The molecule has 0 saturated carbocycles. The SMILES string of the molecule is O=C1C[C@H](N2CCN(C(c3ccccc3)c3ccccc3)CC2)C(=O)N1c1ccc(Oc2ccccc2)cc1. The molecule has 4 aromatic rings. The van der Waals surface area contributed by atoms with Crippen molar-refractivity contribution in [3.8, 4) is 11.5 Å². The van der Waals surface area contributed by atoms with E-state index in [-0.39, 0.29) is 24.3 Å². The number of piperazine rings is 1. The standard InChI is InChI=1S/C33H31N3O3/c37-31-24-30(33(38)36(31)27-16-18-29(19-17-27)39-28-14-8-3-9-15-28)34-20-22-35(23-21-34)32(25-10-4-1-5-11-25)26-12-6-2-7-13-26/h1-19,30,32H,20-24H2/t30-/m0/s1. The summed E-state index contributed by atoms with van der Waals surface area (Å²) in [5, 5.41) is 0. The van der Waals surface area contributed by atoms with Crippen molar-refractivity contribution in [2.75, 3.05) is 31.1 Å². The van der Waals surface area contributed by atoms with Gasteiger partial charge in [-0.15, -0.1) is 0 Å². The van der Waals surface area contributed by atoms with Crippen molar-refractivity contribution in [2.24, 2.45) is 0 Å². The lowest BCUT2D eigenvalue weighted by molar-refractivity contribution is -0.123. The van der Waals surface area contributed by atoms with Gasteiger partial charge in [0.15, 0.2) is 0 Å². The normalized spacial score (nSPS) is 18.6. The Balaban J connectivity index is 1.12. The fraction of sp³-hybridized carbons (Fsp3) is 0.212. The molecule has 0 aliphatic carbocycles. The fourth-order valence-corrected chi connectivity index (χ4v) is 5.65. The second-order valence-corrected chi connectivity index (χ2v) is 9.99. The zero-order chi connectivity index (χ0) is 26.6. The maximum atomic E-state index is 13.5. The third kappa shape index (κ3) is 5.35. The first-order valence-electron chi connectivity index (χ1n) is 13.4. The highest BCUT2D eigenvalue weighted by atomic mass is 16.5. The van der Waals surface area contributed by atoms with Gasteiger partial charge in [0.05, 0.1) is 24.2 Å². The maximum Gasteiger partial charge on any atom is 0.251 e. The van der Waals surface area contributed by atoms with Crippen LogP contribution in [0.15, 0.2) is 115 Å². The minimum Gasteiger partial charge on any atom is -0.457 e. The van der Waals surface area contributed by atoms with Crippen molar-refractivity contribution in [3.05, 3.63) is 126 Å². The molecule has 1 atom stereocenters. The fourth-order valence-electron chi connectivity index (χ4n) is 5.65. The number of para-hydroxylation sites is 1. The first kappa shape index (κ1) is 25.0. The molecular weight excluding hydrogens is 486 g/mol. The number of amides is 2. The summed E-state index contributed by atoms with van der Waals surface area (Å²) < 4.78 is 5.86. The van der Waals surface area contributed by atoms with Gasteiger partial charge in [-0.25, -0.2) is 4.90 Å². The molecule has 0 radical (unpaired) electrons. The second-order valence-electron chi connectivity index (χ2n) is 9.99. The van der Waals surface area contributed by atoms with E-state index in [9.17, 15) is 9.59 Å². The van der Waals surface area contributed by atoms with Crippen LogP contribution in [0, 0.1) is 0 Å². The molecule has 4 aromatic carbocycles. The predicted molar refractivity (Wildman–Crippen MR) is 152 cm³/mol. The zero-order valence-corrected chi connectivity index (χ0v) is 21.7. The number of imide groups is 1. The molecule has 0 unspecified atom stereocenters. The molecule has 0 aromatic heterocycles. The summed E-state index contributed by atoms with van der Waals surface area (Å²) in [5.41, 5.74) is 3.10. The Morgan fingerprint density at radius 1 is 0.615 bits per heavy atom. The van der Waals surface area contributed by atoms with E-state index >= 15 is 0 Å². The van der Waals surface area contributed by atoms with E-state index in [1.54, 1.807) is 24.3 Å². The Kier molecular flexibility index (Phi) is 7.21. The number of anilines is 1. The summed E-state index contributed by atoms with van der Waals surface area (Å²) >= 11 is 0. The molecule has 2 saturated heterocycles. The number of benzene rings is 4. The minimum absolute atomic E-state index is 0.146. The molecule has 6 rings (SSSR count). The summed E-state index contributed by atoms with van der Waals surface area (Å²) in [6.45, 7) is 3.10. The van der Waals surface area contributed by atoms with Crippen LogP contribution in [0.2, 0.25) is 0 Å². The maximum absolute atomic E-state index is 13.5. The Morgan fingerprint density at radius 3 is 1.69 bits per heavy atom. The molecule has 196 valence electrons. The predicted octanol–water partition coefficient (Wildman–Crippen LogP) is 5.52. The van der Waals surface area contributed by atoms with Gasteiger partial charge < -0.3 is 4.74 Å². The lowest BCUT2D eigenvalue weighted by Gasteiger charge is -2.41. The van der Waals surface area contributed by atoms with Gasteiger partial charge in [-0.1, -0.05) is 78.9 Å². The van der Waals surface area contributed by atoms with Crippen LogP contribution in [-0.4, -0.2) is 53.8 Å². The molecule has 2 aliphatic heterocycles. The summed E-state index contributed by atoms with van der Waals surface area (Å²) in [7, 11) is 0. The van der Waals surface area contributed by atoms with Gasteiger partial charge in [-0.2, -0.15) is 0 Å². The van der Waals surface area contributed by atoms with Gasteiger partial charge >= 0.3 is 0 Å². The molecule has 2 heterocycles. The lowest BCUT2D eigenvalue weighted by atomic mass is 9.96. The van der Waals surface area contributed by atoms with E-state index in [0.717, 1.165) is 31.9 Å². The summed E-state index contributed by atoms with van der Waals surface area (Å²) in [4.78, 5) is 32.5. The van der Waals surface area contributed by atoms with Crippen molar-refractivity contribution in [2.45, 2.75) is 18.5 Å². The Hall–Kier alpha value is -4.26. The van der Waals surface area contributed by atoms with Crippen molar-refractivity contribution in [1.82, 2.24) is 9.80 Å². The van der Waals surface area contributed by atoms with Crippen LogP contribution >= 0.6 is 0 Å². The smallest absolute Gasteiger partial charge is 0.251 e. The molecule has 2 aliphatic rings. The topological polar surface area (TPSA) is 53.1 Å². The molecule has 6 heteroatoms. The van der Waals surface area contributed by atoms with Crippen LogP contribution in [0.4, 0.5) is 5.69 Å². The van der Waals surface area contributed by atoms with Crippen LogP contribution in [0.5, 0.6) is 11.5 Å². The van der Waals surface area contributed by atoms with Gasteiger partial charge in [-0.3, -0.25) is 19.4 Å². The number of ether oxygens (including phenoxy) is 1. The molecule has 2 amide bonds. The molecule has 2 fully saturated rings. The monoisotopic (exact) mass is 517 g/mol. The Labute approximate surface area is 229 Å². The van der Waals surface area contributed by atoms with E-state index < -0.39 is 6.04 Å². The highest BCUT2D eigenvalue weighted by molar-refractivity contribution is 6.22. The van der Waals surface area contributed by atoms with Crippen molar-refractivity contribution in [1.29, 1.82) is 0 Å². The summed E-state index contributed by atoms with van der Waals surface area (Å²) in [6, 6.07) is 37.5. The number of carbonyl (C=O) groups is 2. The number of hydrogen-bond donors (Lipinski definition) is 0. The molecule has 0 N–H and O–H groups in total. The van der Waals surface area contributed by atoms with Crippen LogP contribution in [-0.2, 0) is 9.59 Å². The first-order valence-corrected chi connectivity index (χ1v) is 13.4. The largest absolute Gasteiger partial charge is 0.457 e. The van der Waals surface area contributed by atoms with Gasteiger partial charge in [0.2, 0.25) is 5.91 Å². The second kappa shape index (κ2) is 11.2. The molecular formula is C33H31N3O3. The van der Waals surface area contributed by atoms with E-state index in [1.165, 1.54) is 16.0 Å². The van der Waals surface area contributed by atoms with Crippen molar-refractivity contribution in [3.63, 3.8) is 0 Å².